The molecule has 26 heavy (non-hydrogen) atoms. The van der Waals surface area contributed by atoms with Gasteiger partial charge in [-0.1, -0.05) is 36.4 Å². The predicted molar refractivity (Wildman–Crippen MR) is 101 cm³/mol. The molecule has 0 heterocycles. The second kappa shape index (κ2) is 8.81. The third kappa shape index (κ3) is 5.45. The zero-order chi connectivity index (χ0) is 18.2. The zero-order valence-electron chi connectivity index (χ0n) is 14.5. The summed E-state index contributed by atoms with van der Waals surface area (Å²) in [5, 5.41) is 18.8. The molecule has 2 N–H and O–H groups in total. The summed E-state index contributed by atoms with van der Waals surface area (Å²) in [6.07, 6.45) is 1.60. The predicted octanol–water partition coefficient (Wildman–Crippen LogP) is 4.34. The summed E-state index contributed by atoms with van der Waals surface area (Å²) in [5.74, 6) is 1.76. The summed E-state index contributed by atoms with van der Waals surface area (Å²) in [7, 11) is 0. The monoisotopic (exact) mass is 350 g/mol. The van der Waals surface area contributed by atoms with Gasteiger partial charge in [-0.05, 0) is 35.4 Å². The number of benzene rings is 3. The lowest BCUT2D eigenvalue weighted by molar-refractivity contribution is 0.318. The summed E-state index contributed by atoms with van der Waals surface area (Å²) in [5.41, 5.74) is 2.39. The van der Waals surface area contributed by atoms with E-state index in [9.17, 15) is 10.2 Å². The zero-order valence-corrected chi connectivity index (χ0v) is 14.5. The second-order valence-corrected chi connectivity index (χ2v) is 6.01. The molecule has 0 unspecified atom stereocenters. The van der Waals surface area contributed by atoms with E-state index in [0.717, 1.165) is 12.8 Å². The van der Waals surface area contributed by atoms with Crippen LogP contribution in [-0.4, -0.2) is 23.4 Å². The molecule has 3 rings (SSSR count). The Bertz CT molecular complexity index is 757. The van der Waals surface area contributed by atoms with Gasteiger partial charge in [-0.2, -0.15) is 0 Å². The SMILES string of the molecule is Oc1cccc(OCCc2ccc(CCOc3cccc(O)c3)cc2)c1. The number of aromatic hydroxyl groups is 2. The van der Waals surface area contributed by atoms with Gasteiger partial charge in [0.25, 0.3) is 0 Å². The Kier molecular flexibility index (Phi) is 5.99. The third-order valence-electron chi connectivity index (χ3n) is 3.98. The minimum absolute atomic E-state index is 0.208. The first-order valence-electron chi connectivity index (χ1n) is 8.60. The minimum atomic E-state index is 0.208. The maximum Gasteiger partial charge on any atom is 0.122 e. The fourth-order valence-corrected chi connectivity index (χ4v) is 2.59. The topological polar surface area (TPSA) is 58.9 Å². The van der Waals surface area contributed by atoms with Crippen LogP contribution in [0.25, 0.3) is 0 Å². The normalized spacial score (nSPS) is 10.5. The van der Waals surface area contributed by atoms with Gasteiger partial charge in [0.1, 0.15) is 23.0 Å². The van der Waals surface area contributed by atoms with E-state index < -0.39 is 0 Å². The maximum absolute atomic E-state index is 9.41. The van der Waals surface area contributed by atoms with Gasteiger partial charge >= 0.3 is 0 Å². The molecule has 4 nitrogen and oxygen atoms in total. The van der Waals surface area contributed by atoms with Crippen molar-refractivity contribution in [2.45, 2.75) is 12.8 Å². The van der Waals surface area contributed by atoms with Gasteiger partial charge in [-0.25, -0.2) is 0 Å². The van der Waals surface area contributed by atoms with Crippen molar-refractivity contribution in [2.75, 3.05) is 13.2 Å². The highest BCUT2D eigenvalue weighted by molar-refractivity contribution is 5.32. The van der Waals surface area contributed by atoms with E-state index >= 15 is 0 Å². The first-order chi connectivity index (χ1) is 12.7. The first kappa shape index (κ1) is 17.7. The molecule has 0 aliphatic rings. The van der Waals surface area contributed by atoms with Gasteiger partial charge in [-0.15, -0.1) is 0 Å². The van der Waals surface area contributed by atoms with Gasteiger partial charge in [0.15, 0.2) is 0 Å². The molecule has 0 radical (unpaired) electrons. The molecule has 3 aromatic carbocycles. The van der Waals surface area contributed by atoms with Gasteiger partial charge in [0, 0.05) is 25.0 Å². The van der Waals surface area contributed by atoms with E-state index in [1.54, 1.807) is 36.4 Å². The first-order valence-corrected chi connectivity index (χ1v) is 8.60. The van der Waals surface area contributed by atoms with Crippen molar-refractivity contribution in [1.29, 1.82) is 0 Å². The molecule has 0 fully saturated rings. The van der Waals surface area contributed by atoms with Crippen LogP contribution >= 0.6 is 0 Å². The largest absolute Gasteiger partial charge is 0.508 e. The van der Waals surface area contributed by atoms with Crippen molar-refractivity contribution in [2.24, 2.45) is 0 Å². The van der Waals surface area contributed by atoms with Gasteiger partial charge in [0.2, 0.25) is 0 Å². The Morgan fingerprint density at radius 3 is 1.38 bits per heavy atom. The number of hydrogen-bond acceptors (Lipinski definition) is 4. The van der Waals surface area contributed by atoms with Crippen LogP contribution in [0.4, 0.5) is 0 Å². The van der Waals surface area contributed by atoms with Gasteiger partial charge < -0.3 is 19.7 Å². The molecular weight excluding hydrogens is 328 g/mol. The summed E-state index contributed by atoms with van der Waals surface area (Å²) in [6.45, 7) is 1.12. The van der Waals surface area contributed by atoms with E-state index in [1.165, 1.54) is 11.1 Å². The Labute approximate surface area is 153 Å². The number of phenols is 2. The van der Waals surface area contributed by atoms with Gasteiger partial charge in [0.05, 0.1) is 13.2 Å². The van der Waals surface area contributed by atoms with Crippen molar-refractivity contribution in [3.63, 3.8) is 0 Å². The molecule has 0 aliphatic heterocycles. The van der Waals surface area contributed by atoms with Crippen LogP contribution in [0.15, 0.2) is 72.8 Å². The van der Waals surface area contributed by atoms with E-state index in [4.69, 9.17) is 9.47 Å². The average molecular weight is 350 g/mol. The number of rotatable bonds is 8. The molecular formula is C22H22O4. The molecule has 0 bridgehead atoms. The third-order valence-corrected chi connectivity index (χ3v) is 3.98. The number of hydrogen-bond donors (Lipinski definition) is 2. The second-order valence-electron chi connectivity index (χ2n) is 6.01. The smallest absolute Gasteiger partial charge is 0.122 e. The number of ether oxygens (including phenoxy) is 2. The fourth-order valence-electron chi connectivity index (χ4n) is 2.59. The van der Waals surface area contributed by atoms with Crippen LogP contribution in [0.2, 0.25) is 0 Å². The lowest BCUT2D eigenvalue weighted by Gasteiger charge is -2.08. The fraction of sp³-hybridized carbons (Fsp3) is 0.182. The molecule has 134 valence electrons. The van der Waals surface area contributed by atoms with Crippen molar-refractivity contribution in [3.05, 3.63) is 83.9 Å². The van der Waals surface area contributed by atoms with Crippen LogP contribution in [0, 0.1) is 0 Å². The van der Waals surface area contributed by atoms with Crippen LogP contribution in [0.1, 0.15) is 11.1 Å². The van der Waals surface area contributed by atoms with Gasteiger partial charge in [-0.3, -0.25) is 0 Å². The molecule has 0 atom stereocenters. The lowest BCUT2D eigenvalue weighted by atomic mass is 10.1. The quantitative estimate of drug-likeness (QED) is 0.634. The van der Waals surface area contributed by atoms with Crippen LogP contribution < -0.4 is 9.47 Å². The van der Waals surface area contributed by atoms with Crippen LogP contribution in [0.5, 0.6) is 23.0 Å². The van der Waals surface area contributed by atoms with Crippen molar-refractivity contribution in [3.8, 4) is 23.0 Å². The molecule has 0 saturated carbocycles. The van der Waals surface area contributed by atoms with E-state index in [0.29, 0.717) is 24.7 Å². The highest BCUT2D eigenvalue weighted by atomic mass is 16.5. The standard InChI is InChI=1S/C22H22O4/c23-19-3-1-5-21(15-19)25-13-11-17-7-9-18(10-8-17)12-14-26-22-6-2-4-20(24)16-22/h1-10,15-16,23-24H,11-14H2. The Balaban J connectivity index is 1.41. The summed E-state index contributed by atoms with van der Waals surface area (Å²) >= 11 is 0. The Morgan fingerprint density at radius 2 is 1.00 bits per heavy atom. The molecule has 0 spiro atoms. The highest BCUT2D eigenvalue weighted by Crippen LogP contribution is 2.19. The molecule has 0 aromatic heterocycles. The summed E-state index contributed by atoms with van der Waals surface area (Å²) < 4.78 is 11.3. The number of phenolic OH excluding ortho intramolecular Hbond substituents is 2. The summed E-state index contributed by atoms with van der Waals surface area (Å²) in [4.78, 5) is 0. The molecule has 3 aromatic rings. The maximum atomic E-state index is 9.41. The minimum Gasteiger partial charge on any atom is -0.508 e. The van der Waals surface area contributed by atoms with Crippen LogP contribution in [0.3, 0.4) is 0 Å². The van der Waals surface area contributed by atoms with Crippen LogP contribution in [-0.2, 0) is 12.8 Å². The Hall–Kier alpha value is -3.14. The van der Waals surface area contributed by atoms with Crippen molar-refractivity contribution >= 4 is 0 Å². The Morgan fingerprint density at radius 1 is 0.577 bits per heavy atom. The molecule has 0 aliphatic carbocycles. The summed E-state index contributed by atoms with van der Waals surface area (Å²) in [6, 6.07) is 22.0. The van der Waals surface area contributed by atoms with Crippen molar-refractivity contribution < 1.29 is 19.7 Å². The van der Waals surface area contributed by atoms with E-state index in [1.807, 2.05) is 12.1 Å². The van der Waals surface area contributed by atoms with E-state index in [2.05, 4.69) is 24.3 Å². The van der Waals surface area contributed by atoms with E-state index in [-0.39, 0.29) is 11.5 Å². The molecule has 0 amide bonds. The highest BCUT2D eigenvalue weighted by Gasteiger charge is 2.00. The molecule has 0 saturated heterocycles. The van der Waals surface area contributed by atoms with Crippen molar-refractivity contribution in [1.82, 2.24) is 0 Å². The average Bonchev–Trinajstić information content (AvgIpc) is 2.63. The lowest BCUT2D eigenvalue weighted by Crippen LogP contribution is -2.03. The molecule has 4 heteroatoms.